The first-order valence-electron chi connectivity index (χ1n) is 9.27. The van der Waals surface area contributed by atoms with Crippen LogP contribution in [0.5, 0.6) is 0 Å². The molecule has 3 rings (SSSR count). The summed E-state index contributed by atoms with van der Waals surface area (Å²) in [5, 5.41) is 10.7. The number of ether oxygens (including phenoxy) is 1. The van der Waals surface area contributed by atoms with Crippen LogP contribution in [0.1, 0.15) is 25.3 Å². The molecular weight excluding hydrogens is 408 g/mol. The number of nitriles is 1. The minimum absolute atomic E-state index is 0.123. The Kier molecular flexibility index (Phi) is 5.59. The molecule has 0 bridgehead atoms. The summed E-state index contributed by atoms with van der Waals surface area (Å²) in [6, 6.07) is 6.60. The summed E-state index contributed by atoms with van der Waals surface area (Å²) in [6.07, 6.45) is 3.82. The number of fused-ring (bicyclic) bond motifs is 1. The zero-order valence-corrected chi connectivity index (χ0v) is 17.2. The molecule has 0 spiro atoms. The van der Waals surface area contributed by atoms with Crippen LogP contribution in [0.4, 0.5) is 0 Å². The van der Waals surface area contributed by atoms with Crippen molar-refractivity contribution >= 4 is 29.4 Å². The molecule has 0 aromatic heterocycles. The fourth-order valence-electron chi connectivity index (χ4n) is 4.14. The van der Waals surface area contributed by atoms with E-state index < -0.39 is 47.3 Å². The van der Waals surface area contributed by atoms with Crippen LogP contribution in [0.15, 0.2) is 48.2 Å². The van der Waals surface area contributed by atoms with E-state index in [9.17, 15) is 19.6 Å². The van der Waals surface area contributed by atoms with Gasteiger partial charge in [0.05, 0.1) is 23.8 Å². The minimum atomic E-state index is -1.80. The predicted octanol–water partition coefficient (Wildman–Crippen LogP) is 1.36. The van der Waals surface area contributed by atoms with E-state index >= 15 is 0 Å². The Hall–Kier alpha value is -3.31. The Morgan fingerprint density at radius 3 is 2.37 bits per heavy atom. The Morgan fingerprint density at radius 2 is 1.87 bits per heavy atom. The maximum atomic E-state index is 13.3. The van der Waals surface area contributed by atoms with E-state index in [2.05, 4.69) is 6.07 Å². The van der Waals surface area contributed by atoms with Gasteiger partial charge in [-0.3, -0.25) is 14.4 Å². The summed E-state index contributed by atoms with van der Waals surface area (Å²) >= 11 is 6.00. The molecule has 4 N–H and O–H groups in total. The van der Waals surface area contributed by atoms with Crippen LogP contribution in [0.3, 0.4) is 0 Å². The average Bonchev–Trinajstić information content (AvgIpc) is 2.98. The molecule has 0 saturated carbocycles. The molecule has 0 aliphatic carbocycles. The van der Waals surface area contributed by atoms with Crippen LogP contribution in [0, 0.1) is 16.7 Å². The first kappa shape index (κ1) is 21.4. The first-order chi connectivity index (χ1) is 14.1. The van der Waals surface area contributed by atoms with E-state index in [1.54, 1.807) is 38.1 Å². The van der Waals surface area contributed by atoms with Gasteiger partial charge in [-0.2, -0.15) is 5.26 Å². The van der Waals surface area contributed by atoms with Gasteiger partial charge in [0.15, 0.2) is 5.41 Å². The molecule has 2 aliphatic rings. The molecular formula is C21H21ClN4O4. The van der Waals surface area contributed by atoms with Crippen molar-refractivity contribution in [1.82, 2.24) is 4.90 Å². The second-order valence-electron chi connectivity index (χ2n) is 7.51. The van der Waals surface area contributed by atoms with Crippen molar-refractivity contribution < 1.29 is 19.1 Å². The van der Waals surface area contributed by atoms with Gasteiger partial charge in [0.25, 0.3) is 0 Å². The number of primary amides is 2. The average molecular weight is 429 g/mol. The van der Waals surface area contributed by atoms with Gasteiger partial charge < -0.3 is 21.1 Å². The lowest BCUT2D eigenvalue weighted by Gasteiger charge is -2.33. The van der Waals surface area contributed by atoms with Crippen molar-refractivity contribution in [3.05, 3.63) is 58.8 Å². The lowest BCUT2D eigenvalue weighted by Crippen LogP contribution is -2.46. The molecule has 4 atom stereocenters. The number of carbonyl (C=O) groups is 3. The molecule has 1 fully saturated rings. The molecule has 9 heteroatoms. The van der Waals surface area contributed by atoms with Crippen molar-refractivity contribution in [1.29, 1.82) is 5.26 Å². The molecule has 156 valence electrons. The summed E-state index contributed by atoms with van der Waals surface area (Å²) < 4.78 is 5.44. The number of amides is 2. The molecule has 1 aromatic carbocycles. The Labute approximate surface area is 178 Å². The topological polar surface area (TPSA) is 140 Å². The quantitative estimate of drug-likeness (QED) is 0.678. The summed E-state index contributed by atoms with van der Waals surface area (Å²) in [5.74, 6) is -3.22. The minimum Gasteiger partial charge on any atom is -0.462 e. The number of nitrogens with zero attached hydrogens (tertiary/aromatic N) is 2. The smallest absolute Gasteiger partial charge is 0.329 e. The summed E-state index contributed by atoms with van der Waals surface area (Å²) in [7, 11) is 0. The van der Waals surface area contributed by atoms with E-state index in [0.717, 1.165) is 0 Å². The number of nitrogens with two attached hydrogens (primary N) is 2. The fourth-order valence-corrected chi connectivity index (χ4v) is 4.26. The Balaban J connectivity index is 2.28. The van der Waals surface area contributed by atoms with E-state index in [1.165, 1.54) is 23.3 Å². The molecule has 0 radical (unpaired) electrons. The summed E-state index contributed by atoms with van der Waals surface area (Å²) in [4.78, 5) is 39.0. The summed E-state index contributed by atoms with van der Waals surface area (Å²) in [5.41, 5.74) is 9.95. The third kappa shape index (κ3) is 3.31. The number of esters is 1. The Bertz CT molecular complexity index is 995. The highest BCUT2D eigenvalue weighted by molar-refractivity contribution is 6.30. The van der Waals surface area contributed by atoms with Crippen molar-refractivity contribution in [2.24, 2.45) is 16.9 Å². The van der Waals surface area contributed by atoms with Crippen LogP contribution in [-0.4, -0.2) is 40.9 Å². The number of hydrogen-bond donors (Lipinski definition) is 2. The zero-order valence-electron chi connectivity index (χ0n) is 16.4. The monoisotopic (exact) mass is 428 g/mol. The normalized spacial score (nSPS) is 27.2. The van der Waals surface area contributed by atoms with Crippen molar-refractivity contribution in [2.45, 2.75) is 38.0 Å². The highest BCUT2D eigenvalue weighted by Gasteiger charge is 2.66. The molecule has 1 aromatic rings. The van der Waals surface area contributed by atoms with E-state index in [0.29, 0.717) is 10.6 Å². The summed E-state index contributed by atoms with van der Waals surface area (Å²) in [6.45, 7) is 3.33. The SMILES string of the molecule is CC(C)OC(=O)[C@]1(C#N)[C@@H]2C=CC(C(N)=O)=CN2[C@H](C(N)=O)[C@@H]1c1ccc(Cl)cc1. The van der Waals surface area contributed by atoms with E-state index in [4.69, 9.17) is 27.8 Å². The molecule has 2 heterocycles. The van der Waals surface area contributed by atoms with Crippen LogP contribution < -0.4 is 11.5 Å². The molecule has 1 saturated heterocycles. The van der Waals surface area contributed by atoms with Gasteiger partial charge in [-0.25, -0.2) is 0 Å². The maximum Gasteiger partial charge on any atom is 0.329 e. The van der Waals surface area contributed by atoms with Crippen molar-refractivity contribution in [3.63, 3.8) is 0 Å². The lowest BCUT2D eigenvalue weighted by atomic mass is 9.68. The first-order valence-corrected chi connectivity index (χ1v) is 9.65. The number of benzene rings is 1. The van der Waals surface area contributed by atoms with Gasteiger partial charge >= 0.3 is 5.97 Å². The number of halogens is 1. The zero-order chi connectivity index (χ0) is 22.2. The third-order valence-electron chi connectivity index (χ3n) is 5.33. The molecule has 30 heavy (non-hydrogen) atoms. The number of rotatable bonds is 5. The maximum absolute atomic E-state index is 13.3. The van der Waals surface area contributed by atoms with Crippen LogP contribution >= 0.6 is 11.6 Å². The largest absolute Gasteiger partial charge is 0.462 e. The van der Waals surface area contributed by atoms with Gasteiger partial charge in [0, 0.05) is 17.1 Å². The highest BCUT2D eigenvalue weighted by atomic mass is 35.5. The van der Waals surface area contributed by atoms with Crippen LogP contribution in [-0.2, 0) is 19.1 Å². The Morgan fingerprint density at radius 1 is 1.23 bits per heavy atom. The standard InChI is InChI=1S/C21H21ClN4O4/c1-11(2)30-20(29)21(10-23)15-8-5-13(18(24)27)9-26(15)17(19(25)28)16(21)12-3-6-14(22)7-4-12/h3-9,11,15-17H,1-2H3,(H2,24,27)(H2,25,28)/t15-,16-,17-,21+/m0/s1. The fraction of sp³-hybridized carbons (Fsp3) is 0.333. The highest BCUT2D eigenvalue weighted by Crippen LogP contribution is 2.53. The second-order valence-corrected chi connectivity index (χ2v) is 7.95. The lowest BCUT2D eigenvalue weighted by molar-refractivity contribution is -0.157. The molecule has 8 nitrogen and oxygen atoms in total. The van der Waals surface area contributed by atoms with Gasteiger partial charge in [0.1, 0.15) is 6.04 Å². The van der Waals surface area contributed by atoms with Gasteiger partial charge in [-0.15, -0.1) is 0 Å². The van der Waals surface area contributed by atoms with Gasteiger partial charge in [0.2, 0.25) is 11.8 Å². The molecule has 0 unspecified atom stereocenters. The molecule has 2 aliphatic heterocycles. The van der Waals surface area contributed by atoms with Crippen molar-refractivity contribution in [2.75, 3.05) is 0 Å². The van der Waals surface area contributed by atoms with Crippen LogP contribution in [0.25, 0.3) is 0 Å². The number of hydrogen-bond acceptors (Lipinski definition) is 6. The van der Waals surface area contributed by atoms with E-state index in [-0.39, 0.29) is 5.57 Å². The van der Waals surface area contributed by atoms with Crippen molar-refractivity contribution in [3.8, 4) is 6.07 Å². The van der Waals surface area contributed by atoms with Gasteiger partial charge in [-0.1, -0.05) is 29.8 Å². The predicted molar refractivity (Wildman–Crippen MR) is 108 cm³/mol. The van der Waals surface area contributed by atoms with E-state index in [1.807, 2.05) is 0 Å². The number of carbonyl (C=O) groups excluding carboxylic acids is 3. The van der Waals surface area contributed by atoms with Crippen LogP contribution in [0.2, 0.25) is 5.02 Å². The second kappa shape index (κ2) is 7.84. The third-order valence-corrected chi connectivity index (χ3v) is 5.58. The molecule has 2 amide bonds. The van der Waals surface area contributed by atoms with Gasteiger partial charge in [-0.05, 0) is 37.6 Å².